The Labute approximate surface area is 413 Å². The molecule has 0 saturated carbocycles. The molecule has 0 saturated heterocycles. The van der Waals surface area contributed by atoms with Gasteiger partial charge in [-0.1, -0.05) is 19.9 Å². The molecule has 0 radical (unpaired) electrons. The summed E-state index contributed by atoms with van der Waals surface area (Å²) in [7, 11) is 0. The van der Waals surface area contributed by atoms with E-state index < -0.39 is 214 Å². The lowest BCUT2D eigenvalue weighted by Crippen LogP contribution is -2.66. The van der Waals surface area contributed by atoms with Gasteiger partial charge in [0.05, 0.1) is 18.9 Å². The molecule has 17 N–H and O–H groups in total. The van der Waals surface area contributed by atoms with Crippen LogP contribution in [0.4, 0.5) is 0 Å². The zero-order valence-electron chi connectivity index (χ0n) is 39.2. The van der Waals surface area contributed by atoms with Crippen molar-refractivity contribution in [2.75, 3.05) is 0 Å². The number of phenolic OH excluding ortho intramolecular Hbond substituents is 1. The van der Waals surface area contributed by atoms with Crippen molar-refractivity contribution in [2.45, 2.75) is 139 Å². The first kappa shape index (κ1) is 60.7. The summed E-state index contributed by atoms with van der Waals surface area (Å²) in [4.78, 5) is 177. The number of carbonyl (C=O) groups is 14. The lowest BCUT2D eigenvalue weighted by atomic mass is 9.92. The summed E-state index contributed by atoms with van der Waals surface area (Å²) >= 11 is 0. The van der Waals surface area contributed by atoms with Gasteiger partial charge in [0.1, 0.15) is 47.5 Å². The van der Waals surface area contributed by atoms with E-state index in [-0.39, 0.29) is 11.3 Å². The number of nitrogens with two attached hydrogens (primary N) is 1. The molecular formula is C43H58N8O22. The molecule has 1 aliphatic rings. The summed E-state index contributed by atoms with van der Waals surface area (Å²) in [6.07, 6.45) is -9.13. The molecule has 30 nitrogen and oxygen atoms in total. The highest BCUT2D eigenvalue weighted by molar-refractivity contribution is 6.01. The van der Waals surface area contributed by atoms with Crippen molar-refractivity contribution in [3.63, 3.8) is 0 Å². The van der Waals surface area contributed by atoms with Crippen molar-refractivity contribution in [3.05, 3.63) is 29.3 Å². The average Bonchev–Trinajstić information content (AvgIpc) is 3.65. The Morgan fingerprint density at radius 2 is 0.877 bits per heavy atom. The second-order valence-electron chi connectivity index (χ2n) is 17.2. The van der Waals surface area contributed by atoms with Gasteiger partial charge in [0.25, 0.3) is 0 Å². The van der Waals surface area contributed by atoms with Gasteiger partial charge >= 0.3 is 41.8 Å². The maximum Gasteiger partial charge on any atom is 0.326 e. The number of aromatic hydroxyl groups is 1. The fourth-order valence-corrected chi connectivity index (χ4v) is 7.24. The third-order valence-corrected chi connectivity index (χ3v) is 11.1. The molecule has 0 unspecified atom stereocenters. The lowest BCUT2D eigenvalue weighted by Gasteiger charge is -2.33. The molecule has 7 amide bonds. The molecule has 1 aromatic carbocycles. The quantitative estimate of drug-likeness (QED) is 0.0325. The monoisotopic (exact) mass is 1040 g/mol. The number of carboxylic acids is 7. The number of rotatable bonds is 32. The third-order valence-electron chi connectivity index (χ3n) is 11.1. The Bertz CT molecular complexity index is 2320. The first-order valence-electron chi connectivity index (χ1n) is 22.2. The molecule has 30 heteroatoms. The first-order valence-corrected chi connectivity index (χ1v) is 22.2. The van der Waals surface area contributed by atoms with E-state index in [1.165, 1.54) is 32.0 Å². The Kier molecular flexibility index (Phi) is 23.1. The second-order valence-corrected chi connectivity index (χ2v) is 17.2. The summed E-state index contributed by atoms with van der Waals surface area (Å²) in [5.74, 6) is -21.0. The SMILES string of the molecule is CC(C)[C@H](NC(=O)[C@H](CCC(=O)O)NC(=O)[C@H](CCC(=O)O)NC(=O)[C@@]1(NC(=O)[C@H](CCC(=O)O)NC(=O)[C@H](CC(=O)O)NC(=O)[C@H](CC(=O)O)NC(=O)[C@@H](N)CCC(=O)O)Cc2ccc(O)cc2C1)C(=O)O. The van der Waals surface area contributed by atoms with Crippen LogP contribution in [0.1, 0.15) is 89.2 Å². The van der Waals surface area contributed by atoms with Crippen LogP contribution in [0.25, 0.3) is 0 Å². The van der Waals surface area contributed by atoms with Crippen LogP contribution < -0.4 is 43.0 Å². The van der Waals surface area contributed by atoms with Crippen LogP contribution in [-0.4, -0.2) is 172 Å². The summed E-state index contributed by atoms with van der Waals surface area (Å²) in [5.41, 5.74) is 3.89. The fourth-order valence-electron chi connectivity index (χ4n) is 7.24. The Morgan fingerprint density at radius 1 is 0.493 bits per heavy atom. The Morgan fingerprint density at radius 3 is 1.32 bits per heavy atom. The number of benzene rings is 1. The van der Waals surface area contributed by atoms with Gasteiger partial charge in [-0.25, -0.2) is 4.79 Å². The van der Waals surface area contributed by atoms with E-state index in [9.17, 15) is 103 Å². The van der Waals surface area contributed by atoms with Gasteiger partial charge in [0.15, 0.2) is 0 Å². The topological polar surface area (TPSA) is 511 Å². The highest BCUT2D eigenvalue weighted by atomic mass is 16.4. The molecule has 8 atom stereocenters. The van der Waals surface area contributed by atoms with E-state index >= 15 is 0 Å². The minimum atomic E-state index is -2.27. The molecule has 73 heavy (non-hydrogen) atoms. The van der Waals surface area contributed by atoms with Crippen molar-refractivity contribution in [1.82, 2.24) is 37.2 Å². The Hall–Kier alpha value is -8.44. The van der Waals surface area contributed by atoms with Gasteiger partial charge in [0.2, 0.25) is 41.4 Å². The summed E-state index contributed by atoms with van der Waals surface area (Å²) in [6.45, 7) is 2.88. The molecule has 0 aliphatic heterocycles. The number of hydrogen-bond donors (Lipinski definition) is 16. The van der Waals surface area contributed by atoms with E-state index in [1.807, 2.05) is 10.6 Å². The predicted molar refractivity (Wildman–Crippen MR) is 240 cm³/mol. The van der Waals surface area contributed by atoms with E-state index in [0.29, 0.717) is 5.56 Å². The van der Waals surface area contributed by atoms with Crippen LogP contribution in [0, 0.1) is 5.92 Å². The van der Waals surface area contributed by atoms with Crippen molar-refractivity contribution >= 4 is 83.1 Å². The molecule has 2 rings (SSSR count). The molecule has 402 valence electrons. The van der Waals surface area contributed by atoms with Gasteiger partial charge in [0, 0.05) is 38.5 Å². The number of phenols is 1. The lowest BCUT2D eigenvalue weighted by molar-refractivity contribution is -0.144. The summed E-state index contributed by atoms with van der Waals surface area (Å²) in [5, 5.41) is 91.3. The molecule has 1 aromatic rings. The van der Waals surface area contributed by atoms with Gasteiger partial charge in [-0.05, 0) is 54.9 Å². The van der Waals surface area contributed by atoms with E-state index in [0.717, 1.165) is 0 Å². The number of hydrogen-bond acceptors (Lipinski definition) is 16. The number of amides is 7. The highest BCUT2D eigenvalue weighted by Crippen LogP contribution is 2.33. The van der Waals surface area contributed by atoms with Gasteiger partial charge in [-0.15, -0.1) is 0 Å². The van der Waals surface area contributed by atoms with Crippen molar-refractivity contribution in [2.24, 2.45) is 11.7 Å². The number of carboxylic acid groups (broad SMARTS) is 7. The van der Waals surface area contributed by atoms with Crippen LogP contribution in [0.15, 0.2) is 18.2 Å². The minimum Gasteiger partial charge on any atom is -0.508 e. The van der Waals surface area contributed by atoms with E-state index in [2.05, 4.69) is 26.6 Å². The predicted octanol–water partition coefficient (Wildman–Crippen LogP) is -4.27. The maximum absolute atomic E-state index is 14.6. The van der Waals surface area contributed by atoms with E-state index in [1.54, 1.807) is 0 Å². The maximum atomic E-state index is 14.6. The van der Waals surface area contributed by atoms with Crippen LogP contribution in [0.5, 0.6) is 5.75 Å². The first-order chi connectivity index (χ1) is 33.9. The molecule has 1 aliphatic carbocycles. The number of fused-ring (bicyclic) bond motifs is 1. The highest BCUT2D eigenvalue weighted by Gasteiger charge is 2.48. The minimum absolute atomic E-state index is 0.215. The molecule has 0 aromatic heterocycles. The second kappa shape index (κ2) is 27.8. The Balaban J connectivity index is 2.59. The number of aliphatic carboxylic acids is 7. The van der Waals surface area contributed by atoms with E-state index in [4.69, 9.17) is 10.8 Å². The van der Waals surface area contributed by atoms with Crippen LogP contribution >= 0.6 is 0 Å². The van der Waals surface area contributed by atoms with Crippen molar-refractivity contribution in [3.8, 4) is 5.75 Å². The molecular weight excluding hydrogens is 981 g/mol. The molecule has 0 fully saturated rings. The molecule has 0 spiro atoms. The van der Waals surface area contributed by atoms with Crippen LogP contribution in [-0.2, 0) is 80.0 Å². The van der Waals surface area contributed by atoms with Gasteiger partial charge in [-0.3, -0.25) is 62.3 Å². The third kappa shape index (κ3) is 20.1. The normalized spacial score (nSPS) is 16.5. The van der Waals surface area contributed by atoms with Crippen LogP contribution in [0.2, 0.25) is 0 Å². The number of nitrogens with one attached hydrogen (secondary N) is 7. The largest absolute Gasteiger partial charge is 0.508 e. The fraction of sp³-hybridized carbons (Fsp3) is 0.535. The summed E-state index contributed by atoms with van der Waals surface area (Å²) < 4.78 is 0. The van der Waals surface area contributed by atoms with Gasteiger partial charge in [-0.2, -0.15) is 0 Å². The van der Waals surface area contributed by atoms with Crippen molar-refractivity contribution in [1.29, 1.82) is 0 Å². The zero-order chi connectivity index (χ0) is 55.5. The summed E-state index contributed by atoms with van der Waals surface area (Å²) in [6, 6.07) is -9.30. The number of carbonyl (C=O) groups excluding carboxylic acids is 7. The molecule has 0 heterocycles. The zero-order valence-corrected chi connectivity index (χ0v) is 39.2. The average molecular weight is 1040 g/mol. The van der Waals surface area contributed by atoms with Crippen LogP contribution in [0.3, 0.4) is 0 Å². The van der Waals surface area contributed by atoms with Gasteiger partial charge < -0.3 is 83.8 Å². The smallest absolute Gasteiger partial charge is 0.326 e. The van der Waals surface area contributed by atoms with Crippen molar-refractivity contribution < 1.29 is 108 Å². The standard InChI is InChI=1S/C43H58N8O22/c1-18(2)34(41(71)72)50-37(67)23(6-10-29(55)56)45-36(66)24(7-11-30(57)58)49-42(73)43(16-19-3-4-21(52)13-20(19)17-43)51-40(70)25(8-12-31(59)60)46-38(68)27(15-33(63)64)48-39(69)26(14-32(61)62)47-35(65)22(44)5-9-28(53)54/h3-4,13,18,22-27,34,52H,5-12,14-17,44H2,1-2H3,(H,45,66)(H,46,68)(H,47,65)(H,48,69)(H,49,73)(H,50,67)(H,51,70)(H,53,54)(H,55,56)(H,57,58)(H,59,60)(H,61,62)(H,63,64)(H,71,72)/t22-,23-,24-,25-,26-,27-,34-,43+/m0/s1. The molecule has 0 bridgehead atoms.